The molecule has 2 unspecified atom stereocenters. The molecule has 1 aromatic carbocycles. The van der Waals surface area contributed by atoms with Crippen LogP contribution in [0.5, 0.6) is 0 Å². The first kappa shape index (κ1) is 12.6. The lowest BCUT2D eigenvalue weighted by atomic mass is 9.78. The van der Waals surface area contributed by atoms with Gasteiger partial charge < -0.3 is 5.32 Å². The summed E-state index contributed by atoms with van der Waals surface area (Å²) in [7, 11) is 0. The van der Waals surface area contributed by atoms with Gasteiger partial charge in [-0.3, -0.25) is 4.98 Å². The smallest absolute Gasteiger partial charge is 0.0736 e. The van der Waals surface area contributed by atoms with Crippen molar-refractivity contribution in [2.45, 2.75) is 32.1 Å². The summed E-state index contributed by atoms with van der Waals surface area (Å²) < 4.78 is 0. The lowest BCUT2D eigenvalue weighted by Crippen LogP contribution is -2.35. The summed E-state index contributed by atoms with van der Waals surface area (Å²) in [5.41, 5.74) is 2.66. The van der Waals surface area contributed by atoms with Crippen LogP contribution < -0.4 is 5.32 Å². The van der Waals surface area contributed by atoms with Gasteiger partial charge in [-0.15, -0.1) is 0 Å². The normalized spacial score (nSPS) is 23.6. The minimum absolute atomic E-state index is 0.666. The molecule has 0 spiro atoms. The van der Waals surface area contributed by atoms with Crippen LogP contribution >= 0.6 is 0 Å². The van der Waals surface area contributed by atoms with Gasteiger partial charge in [-0.1, -0.05) is 37.6 Å². The molecule has 0 aliphatic carbocycles. The largest absolute Gasteiger partial charge is 0.316 e. The Morgan fingerprint density at radius 1 is 1.26 bits per heavy atom. The molecule has 2 aromatic rings. The van der Waals surface area contributed by atoms with Crippen LogP contribution in [0.25, 0.3) is 10.9 Å². The van der Waals surface area contributed by atoms with Gasteiger partial charge in [0.15, 0.2) is 0 Å². The Bertz CT molecular complexity index is 542. The fourth-order valence-electron chi connectivity index (χ4n) is 3.43. The predicted octanol–water partition coefficient (Wildman–Crippen LogP) is 3.73. The number of pyridine rings is 1. The zero-order valence-electron chi connectivity index (χ0n) is 11.6. The third-order valence-corrected chi connectivity index (χ3v) is 4.33. The highest BCUT2D eigenvalue weighted by Gasteiger charge is 2.27. The van der Waals surface area contributed by atoms with E-state index < -0.39 is 0 Å². The fraction of sp³-hybridized carbons (Fsp3) is 0.471. The molecule has 1 aliphatic rings. The van der Waals surface area contributed by atoms with E-state index in [1.807, 2.05) is 12.3 Å². The maximum absolute atomic E-state index is 4.63. The molecule has 0 bridgehead atoms. The molecule has 19 heavy (non-hydrogen) atoms. The maximum Gasteiger partial charge on any atom is 0.0736 e. The lowest BCUT2D eigenvalue weighted by molar-refractivity contribution is 0.308. The van der Waals surface area contributed by atoms with Gasteiger partial charge in [0.05, 0.1) is 5.52 Å². The van der Waals surface area contributed by atoms with Crippen LogP contribution in [0, 0.1) is 5.92 Å². The summed E-state index contributed by atoms with van der Waals surface area (Å²) in [5, 5.41) is 4.82. The van der Waals surface area contributed by atoms with E-state index in [1.54, 1.807) is 0 Å². The van der Waals surface area contributed by atoms with Crippen molar-refractivity contribution in [3.05, 3.63) is 42.1 Å². The number of nitrogens with one attached hydrogen (secondary N) is 1. The van der Waals surface area contributed by atoms with E-state index in [2.05, 4.69) is 41.5 Å². The number of para-hydroxylation sites is 1. The Morgan fingerprint density at radius 2 is 2.16 bits per heavy atom. The van der Waals surface area contributed by atoms with E-state index >= 15 is 0 Å². The monoisotopic (exact) mass is 254 g/mol. The number of fused-ring (bicyclic) bond motifs is 1. The number of aromatic nitrogens is 1. The molecule has 1 aliphatic heterocycles. The van der Waals surface area contributed by atoms with Crippen LogP contribution in [0.2, 0.25) is 0 Å². The summed E-state index contributed by atoms with van der Waals surface area (Å²) >= 11 is 0. The minimum Gasteiger partial charge on any atom is -0.316 e. The van der Waals surface area contributed by atoms with Crippen LogP contribution in [0.1, 0.15) is 37.7 Å². The van der Waals surface area contributed by atoms with Gasteiger partial charge in [-0.25, -0.2) is 0 Å². The molecule has 3 rings (SSSR count). The van der Waals surface area contributed by atoms with Gasteiger partial charge in [0.25, 0.3) is 0 Å². The summed E-state index contributed by atoms with van der Waals surface area (Å²) in [6.45, 7) is 4.57. The van der Waals surface area contributed by atoms with Crippen LogP contribution in [-0.2, 0) is 0 Å². The zero-order valence-corrected chi connectivity index (χ0v) is 11.6. The molecule has 100 valence electrons. The van der Waals surface area contributed by atoms with Crippen molar-refractivity contribution in [2.24, 2.45) is 5.92 Å². The number of nitrogens with zero attached hydrogens (tertiary/aromatic N) is 1. The molecule has 1 fully saturated rings. The SMILES string of the molecule is CCCC1CNCCC1c1cccc2cccnc12. The summed E-state index contributed by atoms with van der Waals surface area (Å²) in [4.78, 5) is 4.63. The highest BCUT2D eigenvalue weighted by atomic mass is 14.9. The van der Waals surface area contributed by atoms with Crippen molar-refractivity contribution in [1.29, 1.82) is 0 Å². The zero-order chi connectivity index (χ0) is 13.1. The number of hydrogen-bond donors (Lipinski definition) is 1. The van der Waals surface area contributed by atoms with Crippen molar-refractivity contribution >= 4 is 10.9 Å². The van der Waals surface area contributed by atoms with Gasteiger partial charge in [-0.05, 0) is 49.4 Å². The van der Waals surface area contributed by atoms with E-state index in [9.17, 15) is 0 Å². The van der Waals surface area contributed by atoms with Crippen LogP contribution in [0.4, 0.5) is 0 Å². The number of rotatable bonds is 3. The van der Waals surface area contributed by atoms with Gasteiger partial charge in [0.1, 0.15) is 0 Å². The second-order valence-corrected chi connectivity index (χ2v) is 5.57. The van der Waals surface area contributed by atoms with Crippen LogP contribution in [-0.4, -0.2) is 18.1 Å². The second-order valence-electron chi connectivity index (χ2n) is 5.57. The topological polar surface area (TPSA) is 24.9 Å². The molecule has 0 radical (unpaired) electrons. The van der Waals surface area contributed by atoms with E-state index in [4.69, 9.17) is 0 Å². The Kier molecular flexibility index (Phi) is 3.79. The molecule has 2 atom stereocenters. The molecular weight excluding hydrogens is 232 g/mol. The van der Waals surface area contributed by atoms with Crippen LogP contribution in [0.15, 0.2) is 36.5 Å². The van der Waals surface area contributed by atoms with Gasteiger partial charge in [0, 0.05) is 11.6 Å². The Hall–Kier alpha value is -1.41. The molecule has 1 N–H and O–H groups in total. The quantitative estimate of drug-likeness (QED) is 0.902. The number of piperidine rings is 1. The molecule has 1 aromatic heterocycles. The molecule has 2 heterocycles. The third kappa shape index (κ3) is 2.50. The summed E-state index contributed by atoms with van der Waals surface area (Å²) in [5.74, 6) is 1.42. The molecule has 2 nitrogen and oxygen atoms in total. The van der Waals surface area contributed by atoms with E-state index in [0.29, 0.717) is 5.92 Å². The van der Waals surface area contributed by atoms with Gasteiger partial charge in [0.2, 0.25) is 0 Å². The summed E-state index contributed by atoms with van der Waals surface area (Å²) in [6, 6.07) is 10.8. The van der Waals surface area contributed by atoms with Crippen molar-refractivity contribution in [2.75, 3.05) is 13.1 Å². The highest BCUT2D eigenvalue weighted by Crippen LogP contribution is 2.36. The minimum atomic E-state index is 0.666. The van der Waals surface area contributed by atoms with E-state index in [0.717, 1.165) is 19.0 Å². The van der Waals surface area contributed by atoms with Crippen molar-refractivity contribution in [1.82, 2.24) is 10.3 Å². The first-order chi connectivity index (χ1) is 9.40. The average Bonchev–Trinajstić information content (AvgIpc) is 2.48. The standard InChI is InChI=1S/C17H22N2/c1-2-5-14-12-18-11-9-15(14)16-8-3-6-13-7-4-10-19-17(13)16/h3-4,6-8,10,14-15,18H,2,5,9,11-12H2,1H3. The maximum atomic E-state index is 4.63. The molecular formula is C17H22N2. The van der Waals surface area contributed by atoms with Gasteiger partial charge in [-0.2, -0.15) is 0 Å². The summed E-state index contributed by atoms with van der Waals surface area (Å²) in [6.07, 6.45) is 5.73. The lowest BCUT2D eigenvalue weighted by Gasteiger charge is -2.33. The third-order valence-electron chi connectivity index (χ3n) is 4.33. The number of hydrogen-bond acceptors (Lipinski definition) is 2. The van der Waals surface area contributed by atoms with Crippen molar-refractivity contribution in [3.8, 4) is 0 Å². The van der Waals surface area contributed by atoms with E-state index in [-0.39, 0.29) is 0 Å². The van der Waals surface area contributed by atoms with Crippen molar-refractivity contribution < 1.29 is 0 Å². The van der Waals surface area contributed by atoms with Crippen LogP contribution in [0.3, 0.4) is 0 Å². The molecule has 2 heteroatoms. The predicted molar refractivity (Wildman–Crippen MR) is 80.4 cm³/mol. The highest BCUT2D eigenvalue weighted by molar-refractivity contribution is 5.82. The van der Waals surface area contributed by atoms with Crippen molar-refractivity contribution in [3.63, 3.8) is 0 Å². The van der Waals surface area contributed by atoms with E-state index in [1.165, 1.54) is 35.7 Å². The Morgan fingerprint density at radius 3 is 3.05 bits per heavy atom. The number of benzene rings is 1. The van der Waals surface area contributed by atoms with Gasteiger partial charge >= 0.3 is 0 Å². The average molecular weight is 254 g/mol. The fourth-order valence-corrected chi connectivity index (χ4v) is 3.43. The Balaban J connectivity index is 2.02. The second kappa shape index (κ2) is 5.70. The first-order valence-corrected chi connectivity index (χ1v) is 7.44. The molecule has 0 saturated carbocycles. The molecule has 1 saturated heterocycles. The Labute approximate surface area is 115 Å². The molecule has 0 amide bonds. The first-order valence-electron chi connectivity index (χ1n) is 7.44.